The van der Waals surface area contributed by atoms with Crippen molar-refractivity contribution >= 4 is 23.4 Å². The smallest absolute Gasteiger partial charge is 0.237 e. The van der Waals surface area contributed by atoms with Crippen LogP contribution in [-0.4, -0.2) is 11.2 Å². The summed E-state index contributed by atoms with van der Waals surface area (Å²) in [5.74, 6) is 0.914. The first-order chi connectivity index (χ1) is 10.5. The van der Waals surface area contributed by atoms with E-state index < -0.39 is 0 Å². The third-order valence-corrected chi connectivity index (χ3v) is 4.85. The molecule has 0 spiro atoms. The molecular formula is C19H23NOS. The molecule has 2 rings (SSSR count). The largest absolute Gasteiger partial charge is 0.325 e. The Morgan fingerprint density at radius 3 is 2.27 bits per heavy atom. The molecule has 0 saturated heterocycles. The molecule has 0 aliphatic rings. The number of rotatable bonds is 5. The van der Waals surface area contributed by atoms with E-state index in [1.807, 2.05) is 39.0 Å². The van der Waals surface area contributed by atoms with Crippen LogP contribution in [0, 0.1) is 20.8 Å². The highest BCUT2D eigenvalue weighted by molar-refractivity contribution is 7.99. The number of amides is 1. The van der Waals surface area contributed by atoms with Crippen molar-refractivity contribution in [2.45, 2.75) is 38.7 Å². The highest BCUT2D eigenvalue weighted by Crippen LogP contribution is 2.24. The standard InChI is InChI=1S/C19H23NOS/c1-13-10-14(2)18(15(3)11-13)20-19(21)16(4)22-12-17-8-6-5-7-9-17/h5-11,16H,12H2,1-4H3,(H,20,21)/t16-/m0/s1. The van der Waals surface area contributed by atoms with Gasteiger partial charge in [0.2, 0.25) is 5.91 Å². The zero-order valence-electron chi connectivity index (χ0n) is 13.6. The second-order valence-corrected chi connectivity index (χ2v) is 7.03. The first-order valence-electron chi connectivity index (χ1n) is 7.51. The van der Waals surface area contributed by atoms with Gasteiger partial charge < -0.3 is 5.32 Å². The number of aryl methyl sites for hydroxylation is 3. The maximum absolute atomic E-state index is 12.4. The van der Waals surface area contributed by atoms with Gasteiger partial charge in [0.1, 0.15) is 0 Å². The average Bonchev–Trinajstić information content (AvgIpc) is 2.49. The molecule has 1 amide bonds. The van der Waals surface area contributed by atoms with Crippen LogP contribution in [0.3, 0.4) is 0 Å². The molecule has 1 N–H and O–H groups in total. The number of nitrogens with one attached hydrogen (secondary N) is 1. The lowest BCUT2D eigenvalue weighted by Crippen LogP contribution is -2.23. The summed E-state index contributed by atoms with van der Waals surface area (Å²) in [6.45, 7) is 8.11. The molecule has 0 unspecified atom stereocenters. The maximum Gasteiger partial charge on any atom is 0.237 e. The molecule has 2 aromatic rings. The van der Waals surface area contributed by atoms with Gasteiger partial charge in [0.15, 0.2) is 0 Å². The summed E-state index contributed by atoms with van der Waals surface area (Å²) in [4.78, 5) is 12.4. The number of anilines is 1. The molecule has 0 saturated carbocycles. The van der Waals surface area contributed by atoms with Crippen LogP contribution < -0.4 is 5.32 Å². The predicted molar refractivity (Wildman–Crippen MR) is 96.5 cm³/mol. The first kappa shape index (κ1) is 16.6. The molecule has 2 nitrogen and oxygen atoms in total. The fourth-order valence-corrected chi connectivity index (χ4v) is 3.32. The number of hydrogen-bond acceptors (Lipinski definition) is 2. The van der Waals surface area contributed by atoms with E-state index in [1.165, 1.54) is 11.1 Å². The van der Waals surface area contributed by atoms with Crippen LogP contribution in [0.2, 0.25) is 0 Å². The predicted octanol–water partition coefficient (Wildman–Crippen LogP) is 4.87. The van der Waals surface area contributed by atoms with Gasteiger partial charge in [0, 0.05) is 11.4 Å². The zero-order chi connectivity index (χ0) is 16.1. The van der Waals surface area contributed by atoms with Crippen molar-refractivity contribution in [2.24, 2.45) is 0 Å². The third-order valence-electron chi connectivity index (χ3n) is 3.64. The summed E-state index contributed by atoms with van der Waals surface area (Å²) in [5, 5.41) is 3.00. The molecule has 22 heavy (non-hydrogen) atoms. The lowest BCUT2D eigenvalue weighted by molar-refractivity contribution is -0.115. The van der Waals surface area contributed by atoms with Crippen LogP contribution >= 0.6 is 11.8 Å². The zero-order valence-corrected chi connectivity index (χ0v) is 14.5. The second kappa shape index (κ2) is 7.50. The van der Waals surface area contributed by atoms with E-state index in [2.05, 4.69) is 36.5 Å². The fourth-order valence-electron chi connectivity index (χ4n) is 2.47. The van der Waals surface area contributed by atoms with Gasteiger partial charge in [-0.15, -0.1) is 11.8 Å². The van der Waals surface area contributed by atoms with Crippen molar-refractivity contribution in [1.82, 2.24) is 0 Å². The Kier molecular flexibility index (Phi) is 5.67. The summed E-state index contributed by atoms with van der Waals surface area (Å²) in [6, 6.07) is 14.4. The van der Waals surface area contributed by atoms with Crippen LogP contribution in [0.25, 0.3) is 0 Å². The molecule has 0 aromatic heterocycles. The summed E-state index contributed by atoms with van der Waals surface area (Å²) >= 11 is 1.66. The van der Waals surface area contributed by atoms with Gasteiger partial charge >= 0.3 is 0 Å². The van der Waals surface area contributed by atoms with Crippen molar-refractivity contribution in [1.29, 1.82) is 0 Å². The van der Waals surface area contributed by atoms with E-state index in [1.54, 1.807) is 11.8 Å². The number of benzene rings is 2. The summed E-state index contributed by atoms with van der Waals surface area (Å²) in [6.07, 6.45) is 0. The fraction of sp³-hybridized carbons (Fsp3) is 0.316. The van der Waals surface area contributed by atoms with Gasteiger partial charge in [-0.2, -0.15) is 0 Å². The highest BCUT2D eigenvalue weighted by Gasteiger charge is 2.15. The van der Waals surface area contributed by atoms with Crippen LogP contribution in [0.15, 0.2) is 42.5 Å². The molecule has 0 heterocycles. The molecular weight excluding hydrogens is 290 g/mol. The van der Waals surface area contributed by atoms with Crippen molar-refractivity contribution < 1.29 is 4.79 Å². The van der Waals surface area contributed by atoms with Gasteiger partial charge in [-0.05, 0) is 44.4 Å². The molecule has 0 bridgehead atoms. The Labute approximate surface area is 137 Å². The normalized spacial score (nSPS) is 12.0. The SMILES string of the molecule is Cc1cc(C)c(NC(=O)[C@H](C)SCc2ccccc2)c(C)c1. The summed E-state index contributed by atoms with van der Waals surface area (Å²) in [7, 11) is 0. The molecule has 3 heteroatoms. The minimum atomic E-state index is -0.0830. The lowest BCUT2D eigenvalue weighted by Gasteiger charge is -2.16. The Hall–Kier alpha value is -1.74. The molecule has 0 radical (unpaired) electrons. The second-order valence-electron chi connectivity index (χ2n) is 5.70. The Morgan fingerprint density at radius 1 is 1.09 bits per heavy atom. The van der Waals surface area contributed by atoms with Crippen molar-refractivity contribution in [3.8, 4) is 0 Å². The number of thioether (sulfide) groups is 1. The van der Waals surface area contributed by atoms with Crippen LogP contribution in [0.1, 0.15) is 29.2 Å². The Balaban J connectivity index is 1.97. The Morgan fingerprint density at radius 2 is 1.68 bits per heavy atom. The average molecular weight is 313 g/mol. The molecule has 0 fully saturated rings. The lowest BCUT2D eigenvalue weighted by atomic mass is 10.1. The number of hydrogen-bond donors (Lipinski definition) is 1. The van der Waals surface area contributed by atoms with Gasteiger partial charge in [0.25, 0.3) is 0 Å². The minimum Gasteiger partial charge on any atom is -0.325 e. The molecule has 1 atom stereocenters. The minimum absolute atomic E-state index is 0.0657. The van der Waals surface area contributed by atoms with E-state index in [0.717, 1.165) is 22.6 Å². The summed E-state index contributed by atoms with van der Waals surface area (Å²) < 4.78 is 0. The number of carbonyl (C=O) groups excluding carboxylic acids is 1. The number of carbonyl (C=O) groups is 1. The van der Waals surface area contributed by atoms with Crippen molar-refractivity contribution in [2.75, 3.05) is 5.32 Å². The monoisotopic (exact) mass is 313 g/mol. The maximum atomic E-state index is 12.4. The first-order valence-corrected chi connectivity index (χ1v) is 8.56. The Bertz CT molecular complexity index is 629. The van der Waals surface area contributed by atoms with E-state index >= 15 is 0 Å². The van der Waals surface area contributed by atoms with E-state index in [0.29, 0.717) is 0 Å². The summed E-state index contributed by atoms with van der Waals surface area (Å²) in [5.41, 5.74) is 5.65. The van der Waals surface area contributed by atoms with Gasteiger partial charge in [-0.3, -0.25) is 4.79 Å². The van der Waals surface area contributed by atoms with Crippen LogP contribution in [-0.2, 0) is 10.5 Å². The van der Waals surface area contributed by atoms with Gasteiger partial charge in [0.05, 0.1) is 5.25 Å². The van der Waals surface area contributed by atoms with Crippen LogP contribution in [0.5, 0.6) is 0 Å². The third kappa shape index (κ3) is 4.38. The van der Waals surface area contributed by atoms with Gasteiger partial charge in [-0.25, -0.2) is 0 Å². The molecule has 0 aliphatic heterocycles. The quantitative estimate of drug-likeness (QED) is 0.853. The van der Waals surface area contributed by atoms with E-state index in [9.17, 15) is 4.79 Å². The van der Waals surface area contributed by atoms with Crippen LogP contribution in [0.4, 0.5) is 5.69 Å². The van der Waals surface area contributed by atoms with Crippen molar-refractivity contribution in [3.63, 3.8) is 0 Å². The van der Waals surface area contributed by atoms with Crippen molar-refractivity contribution in [3.05, 3.63) is 64.7 Å². The van der Waals surface area contributed by atoms with E-state index in [-0.39, 0.29) is 11.2 Å². The topological polar surface area (TPSA) is 29.1 Å². The molecule has 0 aliphatic carbocycles. The molecule has 116 valence electrons. The van der Waals surface area contributed by atoms with Gasteiger partial charge in [-0.1, -0.05) is 48.0 Å². The highest BCUT2D eigenvalue weighted by atomic mass is 32.2. The van der Waals surface area contributed by atoms with E-state index in [4.69, 9.17) is 0 Å². The molecule has 2 aromatic carbocycles.